The van der Waals surface area contributed by atoms with E-state index in [9.17, 15) is 12.8 Å². The molecular formula is C11H13FN2O2S2. The lowest BCUT2D eigenvalue weighted by molar-refractivity contribution is 0.586. The van der Waals surface area contributed by atoms with Gasteiger partial charge in [-0.25, -0.2) is 12.8 Å². The molecule has 1 saturated heterocycles. The number of hydrogen-bond donors (Lipinski definition) is 1. The Hall–Kier alpha value is -1.21. The highest BCUT2D eigenvalue weighted by atomic mass is 32.2. The third-order valence-corrected chi connectivity index (χ3v) is 4.74. The molecule has 7 heteroatoms. The summed E-state index contributed by atoms with van der Waals surface area (Å²) in [6.45, 7) is 0.757. The van der Waals surface area contributed by atoms with Crippen LogP contribution in [0.1, 0.15) is 5.56 Å². The van der Waals surface area contributed by atoms with Crippen LogP contribution in [0.25, 0.3) is 0 Å². The average Bonchev–Trinajstić information content (AvgIpc) is 2.29. The molecule has 0 atom stereocenters. The van der Waals surface area contributed by atoms with E-state index in [-0.39, 0.29) is 16.5 Å². The van der Waals surface area contributed by atoms with E-state index in [2.05, 4.69) is 0 Å². The minimum atomic E-state index is -2.94. The first-order chi connectivity index (χ1) is 8.39. The molecule has 0 bridgehead atoms. The SMILES string of the molecule is NC(=S)c1cc(F)ccc1N1CCS(=O)(=O)CC1. The van der Waals surface area contributed by atoms with Gasteiger partial charge in [-0.05, 0) is 18.2 Å². The van der Waals surface area contributed by atoms with Crippen LogP contribution >= 0.6 is 12.2 Å². The third kappa shape index (κ3) is 2.78. The lowest BCUT2D eigenvalue weighted by Crippen LogP contribution is -2.41. The first-order valence-electron chi connectivity index (χ1n) is 5.44. The highest BCUT2D eigenvalue weighted by Gasteiger charge is 2.23. The molecule has 0 saturated carbocycles. The maximum absolute atomic E-state index is 13.2. The van der Waals surface area contributed by atoms with Crippen LogP contribution in [0.5, 0.6) is 0 Å². The van der Waals surface area contributed by atoms with E-state index < -0.39 is 15.7 Å². The zero-order valence-electron chi connectivity index (χ0n) is 9.60. The number of hydrogen-bond acceptors (Lipinski definition) is 4. The van der Waals surface area contributed by atoms with Crippen molar-refractivity contribution in [2.75, 3.05) is 29.5 Å². The number of halogens is 1. The van der Waals surface area contributed by atoms with Gasteiger partial charge in [0.15, 0.2) is 9.84 Å². The predicted molar refractivity (Wildman–Crippen MR) is 73.2 cm³/mol. The van der Waals surface area contributed by atoms with Crippen LogP contribution in [0.4, 0.5) is 10.1 Å². The summed E-state index contributed by atoms with van der Waals surface area (Å²) in [4.78, 5) is 1.98. The van der Waals surface area contributed by atoms with E-state index in [0.717, 1.165) is 0 Å². The lowest BCUT2D eigenvalue weighted by atomic mass is 10.1. The molecular weight excluding hydrogens is 275 g/mol. The Morgan fingerprint density at radius 1 is 1.33 bits per heavy atom. The number of benzene rings is 1. The molecule has 2 rings (SSSR count). The van der Waals surface area contributed by atoms with Gasteiger partial charge in [0.25, 0.3) is 0 Å². The minimum Gasteiger partial charge on any atom is -0.389 e. The van der Waals surface area contributed by atoms with E-state index >= 15 is 0 Å². The van der Waals surface area contributed by atoms with Crippen molar-refractivity contribution in [2.24, 2.45) is 5.73 Å². The molecule has 1 heterocycles. The van der Waals surface area contributed by atoms with Crippen molar-refractivity contribution in [3.05, 3.63) is 29.6 Å². The zero-order valence-corrected chi connectivity index (χ0v) is 11.2. The van der Waals surface area contributed by atoms with E-state index in [0.29, 0.717) is 24.3 Å². The van der Waals surface area contributed by atoms with E-state index in [1.807, 2.05) is 4.90 Å². The molecule has 1 fully saturated rings. The Morgan fingerprint density at radius 2 is 1.94 bits per heavy atom. The van der Waals surface area contributed by atoms with E-state index in [4.69, 9.17) is 18.0 Å². The molecule has 4 nitrogen and oxygen atoms in total. The van der Waals surface area contributed by atoms with E-state index in [1.54, 1.807) is 6.07 Å². The Labute approximate surface area is 110 Å². The van der Waals surface area contributed by atoms with Gasteiger partial charge in [0.2, 0.25) is 0 Å². The fraction of sp³-hybridized carbons (Fsp3) is 0.364. The molecule has 0 spiro atoms. The van der Waals surface area contributed by atoms with Crippen LogP contribution in [0.2, 0.25) is 0 Å². The van der Waals surface area contributed by atoms with Gasteiger partial charge < -0.3 is 10.6 Å². The fourth-order valence-corrected chi connectivity index (χ4v) is 3.30. The number of rotatable bonds is 2. The molecule has 1 aromatic carbocycles. The summed E-state index contributed by atoms with van der Waals surface area (Å²) in [5.41, 5.74) is 6.71. The number of nitrogens with two attached hydrogens (primary N) is 1. The molecule has 1 aliphatic rings. The predicted octanol–water partition coefficient (Wildman–Crippen LogP) is 0.695. The van der Waals surface area contributed by atoms with Crippen molar-refractivity contribution in [1.29, 1.82) is 0 Å². The number of sulfone groups is 1. The summed E-state index contributed by atoms with van der Waals surface area (Å²) < 4.78 is 35.9. The van der Waals surface area contributed by atoms with Crippen molar-refractivity contribution in [3.63, 3.8) is 0 Å². The Bertz CT molecular complexity index is 573. The third-order valence-electron chi connectivity index (χ3n) is 2.91. The zero-order chi connectivity index (χ0) is 13.3. The van der Waals surface area contributed by atoms with Gasteiger partial charge in [0, 0.05) is 24.3 Å². The molecule has 0 amide bonds. The second kappa shape index (κ2) is 4.81. The Morgan fingerprint density at radius 3 is 2.50 bits per heavy atom. The van der Waals surface area contributed by atoms with Crippen molar-refractivity contribution in [3.8, 4) is 0 Å². The summed E-state index contributed by atoms with van der Waals surface area (Å²) in [5, 5.41) is 0. The normalized spacial score (nSPS) is 18.6. The molecule has 0 aromatic heterocycles. The molecule has 0 radical (unpaired) electrons. The summed E-state index contributed by atoms with van der Waals surface area (Å²) in [6.07, 6.45) is 0. The highest BCUT2D eigenvalue weighted by Crippen LogP contribution is 2.23. The summed E-state index contributed by atoms with van der Waals surface area (Å²) in [5.74, 6) is -0.214. The van der Waals surface area contributed by atoms with Crippen molar-refractivity contribution < 1.29 is 12.8 Å². The van der Waals surface area contributed by atoms with Gasteiger partial charge in [0.05, 0.1) is 11.5 Å². The minimum absolute atomic E-state index is 0.0984. The van der Waals surface area contributed by atoms with Gasteiger partial charge in [-0.2, -0.15) is 0 Å². The van der Waals surface area contributed by atoms with Crippen LogP contribution in [0, 0.1) is 5.82 Å². The van der Waals surface area contributed by atoms with Crippen molar-refractivity contribution in [1.82, 2.24) is 0 Å². The molecule has 18 heavy (non-hydrogen) atoms. The van der Waals surface area contributed by atoms with Crippen molar-refractivity contribution >= 4 is 32.7 Å². The first kappa shape index (κ1) is 13.2. The Balaban J connectivity index is 2.32. The summed E-state index contributed by atoms with van der Waals surface area (Å²) >= 11 is 4.89. The largest absolute Gasteiger partial charge is 0.389 e. The smallest absolute Gasteiger partial charge is 0.153 e. The maximum Gasteiger partial charge on any atom is 0.153 e. The van der Waals surface area contributed by atoms with Crippen LogP contribution in [-0.2, 0) is 9.84 Å². The van der Waals surface area contributed by atoms with Crippen LogP contribution < -0.4 is 10.6 Å². The maximum atomic E-state index is 13.2. The lowest BCUT2D eigenvalue weighted by Gasteiger charge is -2.30. The standard InChI is InChI=1S/C11H13FN2O2S2/c12-8-1-2-10(9(7-8)11(13)17)14-3-5-18(15,16)6-4-14/h1-2,7H,3-6H2,(H2,13,17). The molecule has 1 aliphatic heterocycles. The molecule has 0 unspecified atom stereocenters. The Kier molecular flexibility index (Phi) is 3.54. The molecule has 1 aromatic rings. The fourth-order valence-electron chi connectivity index (χ4n) is 1.93. The second-order valence-corrected chi connectivity index (χ2v) is 6.91. The van der Waals surface area contributed by atoms with Gasteiger partial charge in [-0.15, -0.1) is 0 Å². The first-order valence-corrected chi connectivity index (χ1v) is 7.67. The monoisotopic (exact) mass is 288 g/mol. The number of thiocarbonyl (C=S) groups is 1. The van der Waals surface area contributed by atoms with Crippen LogP contribution in [0.3, 0.4) is 0 Å². The topological polar surface area (TPSA) is 63.4 Å². The summed E-state index contributed by atoms with van der Waals surface area (Å²) in [7, 11) is -2.94. The van der Waals surface area contributed by atoms with Crippen LogP contribution in [0.15, 0.2) is 18.2 Å². The van der Waals surface area contributed by atoms with Gasteiger partial charge in [-0.3, -0.25) is 0 Å². The number of anilines is 1. The van der Waals surface area contributed by atoms with Crippen molar-refractivity contribution in [2.45, 2.75) is 0 Å². The van der Waals surface area contributed by atoms with Gasteiger partial charge >= 0.3 is 0 Å². The molecule has 0 aliphatic carbocycles. The summed E-state index contributed by atoms with van der Waals surface area (Å²) in [6, 6.07) is 4.18. The highest BCUT2D eigenvalue weighted by molar-refractivity contribution is 7.91. The van der Waals surface area contributed by atoms with E-state index in [1.165, 1.54) is 12.1 Å². The number of nitrogens with zero attached hydrogens (tertiary/aromatic N) is 1. The van der Waals surface area contributed by atoms with Gasteiger partial charge in [0.1, 0.15) is 10.8 Å². The quantitative estimate of drug-likeness (QED) is 0.812. The molecule has 98 valence electrons. The second-order valence-electron chi connectivity index (χ2n) is 4.16. The average molecular weight is 288 g/mol. The van der Waals surface area contributed by atoms with Crippen LogP contribution in [-0.4, -0.2) is 38.0 Å². The molecule has 2 N–H and O–H groups in total. The van der Waals surface area contributed by atoms with Gasteiger partial charge in [-0.1, -0.05) is 12.2 Å².